The van der Waals surface area contributed by atoms with E-state index in [1.807, 2.05) is 6.07 Å². The lowest BCUT2D eigenvalue weighted by molar-refractivity contribution is -0.128. The first kappa shape index (κ1) is 27.6. The van der Waals surface area contributed by atoms with Crippen molar-refractivity contribution in [3.05, 3.63) is 41.4 Å². The average molecular weight is 579 g/mol. The fourth-order valence-corrected chi connectivity index (χ4v) is 5.99. The van der Waals surface area contributed by atoms with E-state index in [4.69, 9.17) is 16.7 Å². The van der Waals surface area contributed by atoms with Crippen LogP contribution in [0, 0.1) is 5.92 Å². The Hall–Kier alpha value is -3.57. The molecule has 2 aliphatic carbocycles. The zero-order valence-corrected chi connectivity index (χ0v) is 23.6. The van der Waals surface area contributed by atoms with Crippen LogP contribution >= 0.6 is 11.6 Å². The predicted octanol–water partition coefficient (Wildman–Crippen LogP) is 4.25. The van der Waals surface area contributed by atoms with Crippen molar-refractivity contribution >= 4 is 51.9 Å². The van der Waals surface area contributed by atoms with Crippen LogP contribution in [0.2, 0.25) is 5.15 Å². The average Bonchev–Trinajstić information content (AvgIpc) is 3.40. The van der Waals surface area contributed by atoms with Crippen molar-refractivity contribution in [1.29, 1.82) is 0 Å². The molecule has 0 aromatic carbocycles. The number of hydrogen-bond acceptors (Lipinski definition) is 9. The fourth-order valence-electron chi connectivity index (χ4n) is 5.81. The zero-order chi connectivity index (χ0) is 28.3. The molecule has 12 heteroatoms. The number of halogens is 1. The van der Waals surface area contributed by atoms with Crippen molar-refractivity contribution < 1.29 is 14.4 Å². The van der Waals surface area contributed by atoms with Crippen molar-refractivity contribution in [3.63, 3.8) is 0 Å². The number of rotatable bonds is 11. The Labute approximate surface area is 243 Å². The second-order valence-electron chi connectivity index (χ2n) is 11.5. The summed E-state index contributed by atoms with van der Waals surface area (Å²) >= 11 is 5.97. The Morgan fingerprint density at radius 2 is 1.78 bits per heavy atom. The lowest BCUT2D eigenvalue weighted by Crippen LogP contribution is -2.33. The standard InChI is InChI=1S/C29H35ClN8O3/c30-26-13-20(9-11-32-26)36-29(41)24-16-33-28-23(34-18-7-8-18)15-27(37-38(24)28)35-19-5-3-17(4-6-19)12-21(39)14-25(40)22-2-1-10-31-22/h9,11,13,15-19,22,31,34H,1-8,10,12,14H2,(H,35,37)(H,32,36,41). The highest BCUT2D eigenvalue weighted by molar-refractivity contribution is 6.29. The zero-order valence-electron chi connectivity index (χ0n) is 22.9. The number of nitrogens with zero attached hydrogens (tertiary/aromatic N) is 4. The van der Waals surface area contributed by atoms with Crippen LogP contribution < -0.4 is 21.3 Å². The summed E-state index contributed by atoms with van der Waals surface area (Å²) in [7, 11) is 0. The van der Waals surface area contributed by atoms with Crippen LogP contribution in [0.15, 0.2) is 30.6 Å². The number of carbonyl (C=O) groups excluding carboxylic acids is 3. The van der Waals surface area contributed by atoms with Crippen LogP contribution in [0.1, 0.15) is 74.7 Å². The molecule has 11 nitrogen and oxygen atoms in total. The smallest absolute Gasteiger partial charge is 0.276 e. The molecule has 1 amide bonds. The van der Waals surface area contributed by atoms with Gasteiger partial charge in [0, 0.05) is 36.5 Å². The number of aromatic nitrogens is 4. The maximum absolute atomic E-state index is 13.1. The first-order chi connectivity index (χ1) is 19.9. The maximum atomic E-state index is 13.1. The van der Waals surface area contributed by atoms with Crippen molar-refractivity contribution in [1.82, 2.24) is 24.9 Å². The van der Waals surface area contributed by atoms with Crippen LogP contribution in [-0.2, 0) is 9.59 Å². The van der Waals surface area contributed by atoms with E-state index in [9.17, 15) is 14.4 Å². The lowest BCUT2D eigenvalue weighted by atomic mass is 9.82. The molecule has 0 bridgehead atoms. The predicted molar refractivity (Wildman–Crippen MR) is 156 cm³/mol. The second-order valence-corrected chi connectivity index (χ2v) is 11.8. The largest absolute Gasteiger partial charge is 0.379 e. The SMILES string of the molecule is O=C(CC(=O)C1CCCN1)CC1CCC(Nc2cc(NC3CC3)c3ncc(C(=O)Nc4ccnc(Cl)c4)n3n2)CC1. The van der Waals surface area contributed by atoms with Crippen LogP contribution in [-0.4, -0.2) is 61.7 Å². The second kappa shape index (κ2) is 12.1. The molecule has 2 saturated carbocycles. The fraction of sp³-hybridized carbons (Fsp3) is 0.517. The molecule has 3 aromatic heterocycles. The van der Waals surface area contributed by atoms with E-state index in [-0.39, 0.29) is 41.1 Å². The third-order valence-corrected chi connectivity index (χ3v) is 8.36. The Kier molecular flexibility index (Phi) is 8.16. The quantitative estimate of drug-likeness (QED) is 0.194. The third-order valence-electron chi connectivity index (χ3n) is 8.16. The van der Waals surface area contributed by atoms with Crippen molar-refractivity contribution in [2.45, 2.75) is 82.3 Å². The third kappa shape index (κ3) is 6.84. The van der Waals surface area contributed by atoms with E-state index in [0.29, 0.717) is 41.2 Å². The number of nitrogens with one attached hydrogen (secondary N) is 4. The van der Waals surface area contributed by atoms with E-state index in [2.05, 4.69) is 31.2 Å². The molecule has 4 N–H and O–H groups in total. The van der Waals surface area contributed by atoms with Gasteiger partial charge in [0.1, 0.15) is 16.8 Å². The summed E-state index contributed by atoms with van der Waals surface area (Å²) < 4.78 is 1.58. The number of hydrogen-bond donors (Lipinski definition) is 4. The molecule has 0 radical (unpaired) electrons. The molecule has 216 valence electrons. The molecule has 0 spiro atoms. The summed E-state index contributed by atoms with van der Waals surface area (Å²) in [5.41, 5.74) is 2.26. The molecule has 3 aliphatic rings. The van der Waals surface area contributed by atoms with Gasteiger partial charge in [0.2, 0.25) is 0 Å². The number of Topliss-reactive ketones (excluding diaryl/α,β-unsaturated/α-hetero) is 2. The van der Waals surface area contributed by atoms with Gasteiger partial charge in [-0.15, -0.1) is 5.10 Å². The summed E-state index contributed by atoms with van der Waals surface area (Å²) in [5, 5.41) is 18.1. The Morgan fingerprint density at radius 1 is 1.00 bits per heavy atom. The lowest BCUT2D eigenvalue weighted by Gasteiger charge is -2.29. The summed E-state index contributed by atoms with van der Waals surface area (Å²) in [4.78, 5) is 46.5. The first-order valence-corrected chi connectivity index (χ1v) is 14.9. The molecule has 4 heterocycles. The Morgan fingerprint density at radius 3 is 2.51 bits per heavy atom. The number of anilines is 3. The van der Waals surface area contributed by atoms with Gasteiger partial charge in [-0.05, 0) is 76.0 Å². The van der Waals surface area contributed by atoms with Crippen molar-refractivity contribution in [2.24, 2.45) is 5.92 Å². The number of carbonyl (C=O) groups is 3. The van der Waals surface area contributed by atoms with Crippen LogP contribution in [0.3, 0.4) is 0 Å². The van der Waals surface area contributed by atoms with Crippen LogP contribution in [0.5, 0.6) is 0 Å². The van der Waals surface area contributed by atoms with Gasteiger partial charge >= 0.3 is 0 Å². The Balaban J connectivity index is 1.10. The summed E-state index contributed by atoms with van der Waals surface area (Å²) in [6.45, 7) is 0.859. The minimum absolute atomic E-state index is 0.0389. The molecule has 1 saturated heterocycles. The van der Waals surface area contributed by atoms with Gasteiger partial charge < -0.3 is 21.3 Å². The van der Waals surface area contributed by atoms with Crippen LogP contribution in [0.25, 0.3) is 5.65 Å². The van der Waals surface area contributed by atoms with Gasteiger partial charge in [0.15, 0.2) is 17.1 Å². The van der Waals surface area contributed by atoms with Gasteiger partial charge in [0.25, 0.3) is 5.91 Å². The number of ketones is 2. The summed E-state index contributed by atoms with van der Waals surface area (Å²) in [5.74, 6) is 0.709. The monoisotopic (exact) mass is 578 g/mol. The number of pyridine rings is 1. The van der Waals surface area contributed by atoms with Crippen molar-refractivity contribution in [2.75, 3.05) is 22.5 Å². The highest BCUT2D eigenvalue weighted by Gasteiger charge is 2.28. The first-order valence-electron chi connectivity index (χ1n) is 14.5. The van der Waals surface area contributed by atoms with Gasteiger partial charge in [0.05, 0.1) is 24.3 Å². The minimum Gasteiger partial charge on any atom is -0.379 e. The van der Waals surface area contributed by atoms with Gasteiger partial charge in [-0.1, -0.05) is 11.6 Å². The normalized spacial score (nSPS) is 22.4. The van der Waals surface area contributed by atoms with Crippen LogP contribution in [0.4, 0.5) is 17.2 Å². The molecule has 6 rings (SSSR count). The molecular weight excluding hydrogens is 544 g/mol. The number of amides is 1. The van der Waals surface area contributed by atoms with E-state index < -0.39 is 0 Å². The van der Waals surface area contributed by atoms with Gasteiger partial charge in [-0.2, -0.15) is 0 Å². The molecule has 1 unspecified atom stereocenters. The minimum atomic E-state index is -0.353. The number of fused-ring (bicyclic) bond motifs is 1. The molecule has 3 aromatic rings. The Bertz CT molecular complexity index is 1440. The molecule has 1 atom stereocenters. The molecule has 1 aliphatic heterocycles. The number of imidazole rings is 1. The molecule has 3 fully saturated rings. The van der Waals surface area contributed by atoms with E-state index in [1.165, 1.54) is 12.4 Å². The summed E-state index contributed by atoms with van der Waals surface area (Å²) in [6.07, 6.45) is 11.3. The molecule has 41 heavy (non-hydrogen) atoms. The van der Waals surface area contributed by atoms with Crippen molar-refractivity contribution in [3.8, 4) is 0 Å². The van der Waals surface area contributed by atoms with E-state index in [0.717, 1.165) is 63.6 Å². The highest BCUT2D eigenvalue weighted by Crippen LogP contribution is 2.32. The topological polar surface area (TPSA) is 142 Å². The van der Waals surface area contributed by atoms with E-state index >= 15 is 0 Å². The summed E-state index contributed by atoms with van der Waals surface area (Å²) in [6, 6.07) is 5.66. The van der Waals surface area contributed by atoms with E-state index in [1.54, 1.807) is 16.6 Å². The van der Waals surface area contributed by atoms with Gasteiger partial charge in [-0.3, -0.25) is 14.4 Å². The highest BCUT2D eigenvalue weighted by atomic mass is 35.5. The van der Waals surface area contributed by atoms with Gasteiger partial charge in [-0.25, -0.2) is 14.5 Å². The molecular formula is C29H35ClN8O3. The maximum Gasteiger partial charge on any atom is 0.276 e.